The lowest BCUT2D eigenvalue weighted by atomic mass is 10.0. The third-order valence-corrected chi connectivity index (χ3v) is 1.67. The first-order valence-corrected chi connectivity index (χ1v) is 3.15. The smallest absolute Gasteiger partial charge is 0.0280 e. The highest BCUT2D eigenvalue weighted by Crippen LogP contribution is 2.13. The Hall–Kier alpha value is -0.780. The fourth-order valence-electron chi connectivity index (χ4n) is 0.859. The summed E-state index contributed by atoms with van der Waals surface area (Å²) in [4.78, 5) is 0. The lowest BCUT2D eigenvalue weighted by molar-refractivity contribution is 1.23. The zero-order valence-electron chi connectivity index (χ0n) is 12.2. The molecule has 0 nitrogen and oxygen atoms in total. The van der Waals surface area contributed by atoms with Gasteiger partial charge in [-0.05, 0) is 44.2 Å². The van der Waals surface area contributed by atoms with Gasteiger partial charge < -0.3 is 0 Å². The molecular formula is C10H14. The molecule has 0 saturated carbocycles. The molecule has 1 aromatic carbocycles. The van der Waals surface area contributed by atoms with Crippen LogP contribution >= 0.6 is 0 Å². The van der Waals surface area contributed by atoms with Crippen molar-refractivity contribution in [2.75, 3.05) is 0 Å². The molecule has 0 aromatic heterocycles. The third-order valence-electron chi connectivity index (χ3n) is 1.67. The summed E-state index contributed by atoms with van der Waals surface area (Å²) in [6, 6.07) is 2.79. The van der Waals surface area contributed by atoms with Crippen molar-refractivity contribution in [3.8, 4) is 0 Å². The van der Waals surface area contributed by atoms with Gasteiger partial charge in [0.1, 0.15) is 0 Å². The Bertz CT molecular complexity index is 399. The quantitative estimate of drug-likeness (QED) is 0.520. The van der Waals surface area contributed by atoms with Crippen molar-refractivity contribution < 1.29 is 8.22 Å². The molecule has 0 fully saturated rings. The second-order valence-corrected chi connectivity index (χ2v) is 2.47. The minimum Gasteiger partial charge on any atom is -0.0561 e. The summed E-state index contributed by atoms with van der Waals surface area (Å²) in [7, 11) is 0. The van der Waals surface area contributed by atoms with Crippen LogP contribution < -0.4 is 0 Å². The van der Waals surface area contributed by atoms with Crippen molar-refractivity contribution in [3.63, 3.8) is 0 Å². The number of rotatable bonds is 0. The molecule has 0 aliphatic heterocycles. The molecule has 0 aliphatic rings. The summed E-state index contributed by atoms with van der Waals surface area (Å²) in [5.41, 5.74) is 1.54. The van der Waals surface area contributed by atoms with Gasteiger partial charge in [0.15, 0.2) is 0 Å². The molecule has 0 bridgehead atoms. The highest BCUT2D eigenvalue weighted by molar-refractivity contribution is 5.35. The maximum Gasteiger partial charge on any atom is 0.0280 e. The lowest BCUT2D eigenvalue weighted by Crippen LogP contribution is -1.86. The first-order valence-electron chi connectivity index (χ1n) is 6.15. The molecule has 0 saturated heterocycles. The molecule has 0 spiro atoms. The summed E-state index contributed by atoms with van der Waals surface area (Å²) < 4.78 is 44.0. The van der Waals surface area contributed by atoms with Crippen LogP contribution in [0.25, 0.3) is 0 Å². The van der Waals surface area contributed by atoms with Gasteiger partial charge in [0.05, 0.1) is 0 Å². The highest BCUT2D eigenvalue weighted by atomic mass is 14.0. The number of hydrogen-bond donors (Lipinski definition) is 0. The average Bonchev–Trinajstić information content (AvgIpc) is 2.05. The Kier molecular flexibility index (Phi) is 0.659. The van der Waals surface area contributed by atoms with Crippen molar-refractivity contribution in [3.05, 3.63) is 34.4 Å². The fraction of sp³-hybridized carbons (Fsp3) is 0.400. The van der Waals surface area contributed by atoms with Crippen LogP contribution in [-0.4, -0.2) is 0 Å². The van der Waals surface area contributed by atoms with Crippen LogP contribution in [0, 0.1) is 27.6 Å². The number of benzene rings is 1. The SMILES string of the molecule is [2H]C([2H])([2H])c1cc(C)c(C)c(C([2H])([2H])[2H])c1. The minimum atomic E-state index is -2.27. The van der Waals surface area contributed by atoms with E-state index in [0.29, 0.717) is 11.1 Å². The topological polar surface area (TPSA) is 0 Å². The summed E-state index contributed by atoms with van der Waals surface area (Å²) >= 11 is 0. The van der Waals surface area contributed by atoms with Gasteiger partial charge in [-0.15, -0.1) is 0 Å². The molecule has 0 unspecified atom stereocenters. The summed E-state index contributed by atoms with van der Waals surface area (Å²) in [5.74, 6) is 0. The Morgan fingerprint density at radius 3 is 2.40 bits per heavy atom. The molecular weight excluding hydrogens is 120 g/mol. The van der Waals surface area contributed by atoms with Crippen LogP contribution in [0.5, 0.6) is 0 Å². The zero-order valence-corrected chi connectivity index (χ0v) is 6.15. The second kappa shape index (κ2) is 2.45. The highest BCUT2D eigenvalue weighted by Gasteiger charge is 1.95. The van der Waals surface area contributed by atoms with Crippen LogP contribution in [-0.2, 0) is 0 Å². The van der Waals surface area contributed by atoms with Gasteiger partial charge in [-0.3, -0.25) is 0 Å². The van der Waals surface area contributed by atoms with Gasteiger partial charge in [-0.25, -0.2) is 0 Å². The van der Waals surface area contributed by atoms with Gasteiger partial charge in [0.25, 0.3) is 0 Å². The fourth-order valence-corrected chi connectivity index (χ4v) is 0.859. The second-order valence-electron chi connectivity index (χ2n) is 2.47. The van der Waals surface area contributed by atoms with E-state index in [0.717, 1.165) is 0 Å². The van der Waals surface area contributed by atoms with E-state index in [2.05, 4.69) is 0 Å². The standard InChI is InChI=1S/C10H14/c1-7-5-8(2)10(4)9(3)6-7/h5-6H,1-4H3/i1D3,2D3. The molecule has 0 amide bonds. The van der Waals surface area contributed by atoms with Crippen molar-refractivity contribution in [1.82, 2.24) is 0 Å². The van der Waals surface area contributed by atoms with Gasteiger partial charge in [0.2, 0.25) is 0 Å². The predicted octanol–water partition coefficient (Wildman–Crippen LogP) is 2.92. The van der Waals surface area contributed by atoms with Gasteiger partial charge in [0, 0.05) is 8.22 Å². The van der Waals surface area contributed by atoms with E-state index >= 15 is 0 Å². The van der Waals surface area contributed by atoms with Crippen LogP contribution in [0.15, 0.2) is 12.1 Å². The Morgan fingerprint density at radius 2 is 1.80 bits per heavy atom. The van der Waals surface area contributed by atoms with Gasteiger partial charge in [-0.1, -0.05) is 17.7 Å². The molecule has 0 heteroatoms. The van der Waals surface area contributed by atoms with E-state index in [1.54, 1.807) is 13.8 Å². The number of hydrogen-bond acceptors (Lipinski definition) is 0. The van der Waals surface area contributed by atoms with E-state index in [1.807, 2.05) is 0 Å². The van der Waals surface area contributed by atoms with Crippen molar-refractivity contribution in [2.45, 2.75) is 27.6 Å². The van der Waals surface area contributed by atoms with Crippen LogP contribution in [0.4, 0.5) is 0 Å². The Morgan fingerprint density at radius 1 is 1.10 bits per heavy atom. The Labute approximate surface area is 71.3 Å². The van der Waals surface area contributed by atoms with E-state index in [4.69, 9.17) is 8.22 Å². The van der Waals surface area contributed by atoms with Crippen molar-refractivity contribution in [1.29, 1.82) is 0 Å². The predicted molar refractivity (Wildman–Crippen MR) is 45.4 cm³/mol. The molecule has 0 radical (unpaired) electrons. The van der Waals surface area contributed by atoms with Crippen LogP contribution in [0.3, 0.4) is 0 Å². The minimum absolute atomic E-state index is 0.0849. The summed E-state index contributed by atoms with van der Waals surface area (Å²) in [5, 5.41) is 0. The molecule has 1 aromatic rings. The molecule has 0 atom stereocenters. The van der Waals surface area contributed by atoms with E-state index in [9.17, 15) is 0 Å². The van der Waals surface area contributed by atoms with E-state index in [1.165, 1.54) is 12.1 Å². The number of aryl methyl sites for hydroxylation is 3. The zero-order chi connectivity index (χ0) is 12.7. The lowest BCUT2D eigenvalue weighted by Gasteiger charge is -2.04. The molecule has 0 N–H and O–H groups in total. The third kappa shape index (κ3) is 1.21. The van der Waals surface area contributed by atoms with E-state index < -0.39 is 13.7 Å². The monoisotopic (exact) mass is 140 g/mol. The first kappa shape index (κ1) is 2.69. The normalized spacial score (nSPS) is 21.4. The van der Waals surface area contributed by atoms with Crippen molar-refractivity contribution >= 4 is 0 Å². The summed E-state index contributed by atoms with van der Waals surface area (Å²) in [6.07, 6.45) is 0. The molecule has 0 heterocycles. The Balaban J connectivity index is 3.46. The van der Waals surface area contributed by atoms with Crippen LogP contribution in [0.1, 0.15) is 30.5 Å². The average molecular weight is 140 g/mol. The van der Waals surface area contributed by atoms with Gasteiger partial charge in [-0.2, -0.15) is 0 Å². The van der Waals surface area contributed by atoms with E-state index in [-0.39, 0.29) is 11.1 Å². The first-order chi connectivity index (χ1) is 7.03. The van der Waals surface area contributed by atoms with Crippen molar-refractivity contribution in [2.24, 2.45) is 0 Å². The maximum atomic E-state index is 7.36. The molecule has 10 heavy (non-hydrogen) atoms. The van der Waals surface area contributed by atoms with Gasteiger partial charge >= 0.3 is 0 Å². The maximum absolute atomic E-state index is 7.36. The largest absolute Gasteiger partial charge is 0.0561 e. The molecule has 1 rings (SSSR count). The summed E-state index contributed by atoms with van der Waals surface area (Å²) in [6.45, 7) is -1.12. The van der Waals surface area contributed by atoms with Crippen LogP contribution in [0.2, 0.25) is 0 Å². The molecule has 0 aliphatic carbocycles. The molecule has 54 valence electrons.